The second kappa shape index (κ2) is 4.24. The Morgan fingerprint density at radius 1 is 1.15 bits per heavy atom. The molecule has 1 aromatic rings. The van der Waals surface area contributed by atoms with E-state index in [0.29, 0.717) is 17.6 Å². The number of hydrogen-bond donors (Lipinski definition) is 2. The normalized spacial score (nSPS) is 42.7. The van der Waals surface area contributed by atoms with Gasteiger partial charge in [0.15, 0.2) is 0 Å². The molecule has 2 nitrogen and oxygen atoms in total. The average molecular weight is 272 g/mol. The Morgan fingerprint density at radius 2 is 2.00 bits per heavy atom. The highest BCUT2D eigenvalue weighted by Gasteiger charge is 2.54. The van der Waals surface area contributed by atoms with Gasteiger partial charge in [-0.1, -0.05) is 13.0 Å². The molecule has 0 aliphatic heterocycles. The first-order valence-electron chi connectivity index (χ1n) is 8.09. The predicted octanol–water partition coefficient (Wildman–Crippen LogP) is 3.61. The van der Waals surface area contributed by atoms with Gasteiger partial charge >= 0.3 is 0 Å². The molecule has 2 fully saturated rings. The molecule has 20 heavy (non-hydrogen) atoms. The number of phenolic OH excluding ortho intramolecular Hbond substituents is 1. The van der Waals surface area contributed by atoms with E-state index in [2.05, 4.69) is 13.0 Å². The van der Waals surface area contributed by atoms with Crippen molar-refractivity contribution >= 4 is 0 Å². The maximum atomic E-state index is 10.4. The van der Waals surface area contributed by atoms with Crippen molar-refractivity contribution in [2.75, 3.05) is 0 Å². The SMILES string of the molecule is C[C@]12CC[C@H]3c4ccc(O)cc4CC[C@H]3[C@H]1CC[C@H]2O. The Hall–Kier alpha value is -1.02. The smallest absolute Gasteiger partial charge is 0.115 e. The van der Waals surface area contributed by atoms with Gasteiger partial charge in [0, 0.05) is 0 Å². The fraction of sp³-hybridized carbons (Fsp3) is 0.667. The average Bonchev–Trinajstić information content (AvgIpc) is 2.74. The first-order chi connectivity index (χ1) is 9.59. The lowest BCUT2D eigenvalue weighted by atomic mass is 9.55. The largest absolute Gasteiger partial charge is 0.508 e. The molecule has 0 spiro atoms. The highest BCUT2D eigenvalue weighted by molar-refractivity contribution is 5.40. The van der Waals surface area contributed by atoms with Crippen molar-refractivity contribution in [1.82, 2.24) is 0 Å². The first-order valence-corrected chi connectivity index (χ1v) is 8.09. The monoisotopic (exact) mass is 272 g/mol. The van der Waals surface area contributed by atoms with Crippen molar-refractivity contribution in [3.63, 3.8) is 0 Å². The highest BCUT2D eigenvalue weighted by Crippen LogP contribution is 2.60. The maximum absolute atomic E-state index is 10.4. The van der Waals surface area contributed by atoms with E-state index in [1.165, 1.54) is 30.4 Å². The molecular weight excluding hydrogens is 248 g/mol. The molecule has 0 unspecified atom stereocenters. The standard InChI is InChI=1S/C18H24O2/c1-18-9-8-14-13-5-3-12(19)10-11(13)2-4-15(14)16(18)6-7-17(18)20/h3,5,10,14-17,19-20H,2,4,6-9H2,1H3/t14-,15+,16+,17+,18-/m0/s1. The molecule has 0 radical (unpaired) electrons. The Morgan fingerprint density at radius 3 is 2.85 bits per heavy atom. The Balaban J connectivity index is 1.71. The number of aromatic hydroxyl groups is 1. The lowest BCUT2D eigenvalue weighted by Crippen LogP contribution is -2.43. The number of hydrogen-bond acceptors (Lipinski definition) is 2. The van der Waals surface area contributed by atoms with E-state index in [9.17, 15) is 10.2 Å². The zero-order chi connectivity index (χ0) is 13.9. The first kappa shape index (κ1) is 12.7. The van der Waals surface area contributed by atoms with E-state index >= 15 is 0 Å². The third kappa shape index (κ3) is 1.60. The van der Waals surface area contributed by atoms with Gasteiger partial charge in [-0.15, -0.1) is 0 Å². The molecule has 5 atom stereocenters. The molecule has 0 amide bonds. The molecule has 2 saturated carbocycles. The molecule has 1 aromatic carbocycles. The Bertz CT molecular complexity index is 538. The molecule has 0 saturated heterocycles. The molecule has 108 valence electrons. The number of phenols is 1. The minimum Gasteiger partial charge on any atom is -0.508 e. The summed E-state index contributed by atoms with van der Waals surface area (Å²) in [7, 11) is 0. The third-order valence-corrected chi connectivity index (χ3v) is 6.66. The van der Waals surface area contributed by atoms with Crippen LogP contribution in [0.4, 0.5) is 0 Å². The van der Waals surface area contributed by atoms with Crippen molar-refractivity contribution in [2.24, 2.45) is 17.3 Å². The summed E-state index contributed by atoms with van der Waals surface area (Å²) in [6.07, 6.45) is 6.78. The molecule has 3 aliphatic carbocycles. The topological polar surface area (TPSA) is 40.5 Å². The van der Waals surface area contributed by atoms with E-state index in [0.717, 1.165) is 25.2 Å². The summed E-state index contributed by atoms with van der Waals surface area (Å²) in [5.74, 6) is 2.49. The summed E-state index contributed by atoms with van der Waals surface area (Å²) in [4.78, 5) is 0. The molecule has 3 aliphatic rings. The molecule has 4 rings (SSSR count). The van der Waals surface area contributed by atoms with Gasteiger partial charge in [0.05, 0.1) is 6.10 Å². The second-order valence-corrected chi connectivity index (χ2v) is 7.44. The zero-order valence-corrected chi connectivity index (χ0v) is 12.2. The summed E-state index contributed by atoms with van der Waals surface area (Å²) < 4.78 is 0. The van der Waals surface area contributed by atoms with Crippen LogP contribution in [0.15, 0.2) is 18.2 Å². The van der Waals surface area contributed by atoms with Crippen LogP contribution in [0.1, 0.15) is 56.1 Å². The van der Waals surface area contributed by atoms with Crippen LogP contribution in [0.25, 0.3) is 0 Å². The van der Waals surface area contributed by atoms with Crippen molar-refractivity contribution in [3.05, 3.63) is 29.3 Å². The van der Waals surface area contributed by atoms with E-state index in [4.69, 9.17) is 0 Å². The van der Waals surface area contributed by atoms with Crippen molar-refractivity contribution in [2.45, 2.75) is 57.5 Å². The Labute approximate surface area is 120 Å². The van der Waals surface area contributed by atoms with Crippen LogP contribution in [-0.4, -0.2) is 16.3 Å². The van der Waals surface area contributed by atoms with Crippen LogP contribution in [0.3, 0.4) is 0 Å². The third-order valence-electron chi connectivity index (χ3n) is 6.66. The van der Waals surface area contributed by atoms with Crippen molar-refractivity contribution in [3.8, 4) is 5.75 Å². The minimum atomic E-state index is -0.0883. The lowest BCUT2D eigenvalue weighted by molar-refractivity contribution is -0.0226. The predicted molar refractivity (Wildman–Crippen MR) is 78.7 cm³/mol. The number of fused-ring (bicyclic) bond motifs is 5. The van der Waals surface area contributed by atoms with Gasteiger partial charge in [0.25, 0.3) is 0 Å². The van der Waals surface area contributed by atoms with Crippen LogP contribution in [0.2, 0.25) is 0 Å². The van der Waals surface area contributed by atoms with Gasteiger partial charge in [-0.25, -0.2) is 0 Å². The summed E-state index contributed by atoms with van der Waals surface area (Å²) >= 11 is 0. The molecule has 0 aromatic heterocycles. The van der Waals surface area contributed by atoms with E-state index < -0.39 is 0 Å². The van der Waals surface area contributed by atoms with Crippen LogP contribution in [0.5, 0.6) is 5.75 Å². The van der Waals surface area contributed by atoms with Gasteiger partial charge in [0.1, 0.15) is 5.75 Å². The molecule has 0 heterocycles. The van der Waals surface area contributed by atoms with Gasteiger partial charge in [-0.05, 0) is 85.0 Å². The summed E-state index contributed by atoms with van der Waals surface area (Å²) in [6.45, 7) is 2.32. The second-order valence-electron chi connectivity index (χ2n) is 7.44. The van der Waals surface area contributed by atoms with Crippen molar-refractivity contribution < 1.29 is 10.2 Å². The number of rotatable bonds is 0. The highest BCUT2D eigenvalue weighted by atomic mass is 16.3. The molecule has 0 bridgehead atoms. The van der Waals surface area contributed by atoms with Gasteiger partial charge in [-0.2, -0.15) is 0 Å². The number of aryl methyl sites for hydroxylation is 1. The summed E-state index contributed by atoms with van der Waals surface area (Å²) in [6, 6.07) is 5.96. The molecular formula is C18H24O2. The Kier molecular flexibility index (Phi) is 2.69. The fourth-order valence-electron chi connectivity index (χ4n) is 5.54. The van der Waals surface area contributed by atoms with Crippen LogP contribution in [0, 0.1) is 17.3 Å². The van der Waals surface area contributed by atoms with Crippen molar-refractivity contribution in [1.29, 1.82) is 0 Å². The van der Waals surface area contributed by atoms with Gasteiger partial charge in [-0.3, -0.25) is 0 Å². The van der Waals surface area contributed by atoms with Gasteiger partial charge < -0.3 is 10.2 Å². The fourth-order valence-corrected chi connectivity index (χ4v) is 5.54. The van der Waals surface area contributed by atoms with E-state index in [-0.39, 0.29) is 11.5 Å². The van der Waals surface area contributed by atoms with Crippen LogP contribution in [-0.2, 0) is 6.42 Å². The van der Waals surface area contributed by atoms with Crippen LogP contribution < -0.4 is 0 Å². The number of aliphatic hydroxyl groups is 1. The van der Waals surface area contributed by atoms with Crippen LogP contribution >= 0.6 is 0 Å². The maximum Gasteiger partial charge on any atom is 0.115 e. The number of benzene rings is 1. The number of aliphatic hydroxyl groups excluding tert-OH is 1. The van der Waals surface area contributed by atoms with E-state index in [1.54, 1.807) is 0 Å². The molecule has 2 N–H and O–H groups in total. The van der Waals surface area contributed by atoms with E-state index in [1.807, 2.05) is 12.1 Å². The minimum absolute atomic E-state index is 0.0883. The zero-order valence-electron chi connectivity index (χ0n) is 12.2. The molecule has 2 heteroatoms. The van der Waals surface area contributed by atoms with Gasteiger partial charge in [0.2, 0.25) is 0 Å². The lowest BCUT2D eigenvalue weighted by Gasteiger charge is -2.50. The summed E-state index contributed by atoms with van der Waals surface area (Å²) in [5.41, 5.74) is 2.99. The quantitative estimate of drug-likeness (QED) is 0.757. The summed E-state index contributed by atoms with van der Waals surface area (Å²) in [5, 5.41) is 20.0.